The van der Waals surface area contributed by atoms with Gasteiger partial charge in [-0.25, -0.2) is 9.50 Å². The minimum atomic E-state index is 0.0523. The number of ketones is 1. The monoisotopic (exact) mass is 301 g/mol. The standard InChI is InChI=1S/C19H15N3O/c1-13(23)15-7-4-8-16(11-15)18-12-20-19-10-9-17(21-22(18)19)14-5-2-3-6-14/h2-5,7-12H,6H2,1H3. The molecular weight excluding hydrogens is 286 g/mol. The van der Waals surface area contributed by atoms with Crippen LogP contribution in [0.15, 0.2) is 60.8 Å². The number of benzene rings is 1. The van der Waals surface area contributed by atoms with E-state index in [1.54, 1.807) is 13.1 Å². The maximum absolute atomic E-state index is 11.6. The predicted molar refractivity (Wildman–Crippen MR) is 90.2 cm³/mol. The van der Waals surface area contributed by atoms with Crippen LogP contribution >= 0.6 is 0 Å². The third kappa shape index (κ3) is 2.38. The van der Waals surface area contributed by atoms with E-state index in [0.29, 0.717) is 5.56 Å². The van der Waals surface area contributed by atoms with Crippen LogP contribution in [0.3, 0.4) is 0 Å². The van der Waals surface area contributed by atoms with Gasteiger partial charge in [0.05, 0.1) is 17.6 Å². The van der Waals surface area contributed by atoms with Crippen LogP contribution in [0.5, 0.6) is 0 Å². The predicted octanol–water partition coefficient (Wildman–Crippen LogP) is 3.94. The highest BCUT2D eigenvalue weighted by Crippen LogP contribution is 2.25. The molecule has 1 aliphatic carbocycles. The molecule has 112 valence electrons. The largest absolute Gasteiger partial charge is 0.295 e. The van der Waals surface area contributed by atoms with Crippen LogP contribution in [0, 0.1) is 0 Å². The van der Waals surface area contributed by atoms with Gasteiger partial charge in [0.25, 0.3) is 0 Å². The first-order chi connectivity index (χ1) is 11.2. The summed E-state index contributed by atoms with van der Waals surface area (Å²) >= 11 is 0. The number of carbonyl (C=O) groups is 1. The lowest BCUT2D eigenvalue weighted by Crippen LogP contribution is -1.99. The summed E-state index contributed by atoms with van der Waals surface area (Å²) in [6, 6.07) is 11.5. The van der Waals surface area contributed by atoms with E-state index >= 15 is 0 Å². The van der Waals surface area contributed by atoms with Crippen molar-refractivity contribution < 1.29 is 4.79 Å². The number of rotatable bonds is 3. The van der Waals surface area contributed by atoms with E-state index in [2.05, 4.69) is 17.1 Å². The summed E-state index contributed by atoms with van der Waals surface area (Å²) < 4.78 is 1.84. The molecule has 1 aromatic carbocycles. The Kier molecular flexibility index (Phi) is 3.15. The third-order valence-corrected chi connectivity index (χ3v) is 4.03. The Balaban J connectivity index is 1.85. The average Bonchev–Trinajstić information content (AvgIpc) is 3.24. The van der Waals surface area contributed by atoms with Crippen LogP contribution in [-0.2, 0) is 0 Å². The second-order valence-corrected chi connectivity index (χ2v) is 5.59. The third-order valence-electron chi connectivity index (χ3n) is 4.03. The van der Waals surface area contributed by atoms with Gasteiger partial charge in [0, 0.05) is 11.1 Å². The first-order valence-corrected chi connectivity index (χ1v) is 7.54. The van der Waals surface area contributed by atoms with Crippen LogP contribution < -0.4 is 0 Å². The summed E-state index contributed by atoms with van der Waals surface area (Å²) in [6.45, 7) is 1.57. The van der Waals surface area contributed by atoms with Gasteiger partial charge < -0.3 is 0 Å². The molecule has 1 aliphatic rings. The Bertz CT molecular complexity index is 979. The molecule has 0 saturated heterocycles. The molecule has 4 nitrogen and oxygen atoms in total. The number of imidazole rings is 1. The Morgan fingerprint density at radius 1 is 1.22 bits per heavy atom. The zero-order valence-corrected chi connectivity index (χ0v) is 12.7. The molecule has 0 aliphatic heterocycles. The van der Waals surface area contributed by atoms with Crippen LogP contribution in [0.2, 0.25) is 0 Å². The van der Waals surface area contributed by atoms with E-state index < -0.39 is 0 Å². The van der Waals surface area contributed by atoms with Gasteiger partial charge in [-0.2, -0.15) is 5.10 Å². The van der Waals surface area contributed by atoms with Crippen molar-refractivity contribution in [1.82, 2.24) is 14.6 Å². The normalized spacial score (nSPS) is 13.5. The van der Waals surface area contributed by atoms with Crippen molar-refractivity contribution in [1.29, 1.82) is 0 Å². The smallest absolute Gasteiger partial charge is 0.159 e. The lowest BCUT2D eigenvalue weighted by molar-refractivity contribution is 0.101. The summed E-state index contributed by atoms with van der Waals surface area (Å²) in [7, 11) is 0. The Labute approximate surface area is 133 Å². The first-order valence-electron chi connectivity index (χ1n) is 7.54. The van der Waals surface area contributed by atoms with Crippen LogP contribution in [-0.4, -0.2) is 20.4 Å². The van der Waals surface area contributed by atoms with Gasteiger partial charge in [0.2, 0.25) is 0 Å². The topological polar surface area (TPSA) is 47.3 Å². The van der Waals surface area contributed by atoms with E-state index in [1.807, 2.05) is 47.0 Å². The molecule has 3 aromatic rings. The minimum Gasteiger partial charge on any atom is -0.295 e. The molecule has 0 saturated carbocycles. The Morgan fingerprint density at radius 2 is 2.13 bits per heavy atom. The number of allylic oxidation sites excluding steroid dienone is 4. The molecule has 0 fully saturated rings. The summed E-state index contributed by atoms with van der Waals surface area (Å²) in [5, 5.41) is 4.73. The lowest BCUT2D eigenvalue weighted by atomic mass is 10.1. The quantitative estimate of drug-likeness (QED) is 0.688. The highest BCUT2D eigenvalue weighted by atomic mass is 16.1. The number of nitrogens with zero attached hydrogens (tertiary/aromatic N) is 3. The summed E-state index contributed by atoms with van der Waals surface area (Å²) in [5.41, 5.74) is 5.46. The zero-order chi connectivity index (χ0) is 15.8. The Morgan fingerprint density at radius 3 is 2.91 bits per heavy atom. The number of fused-ring (bicyclic) bond motifs is 1. The summed E-state index contributed by atoms with van der Waals surface area (Å²) in [5.74, 6) is 0.0523. The van der Waals surface area contributed by atoms with Crippen molar-refractivity contribution in [3.63, 3.8) is 0 Å². The molecule has 0 N–H and O–H groups in total. The fourth-order valence-corrected chi connectivity index (χ4v) is 2.78. The first kappa shape index (κ1) is 13.6. The second kappa shape index (κ2) is 5.32. The van der Waals surface area contributed by atoms with Crippen molar-refractivity contribution >= 4 is 17.0 Å². The molecule has 0 spiro atoms. The van der Waals surface area contributed by atoms with E-state index in [9.17, 15) is 4.79 Å². The minimum absolute atomic E-state index is 0.0523. The average molecular weight is 301 g/mol. The van der Waals surface area contributed by atoms with Gasteiger partial charge in [-0.05, 0) is 37.1 Å². The van der Waals surface area contributed by atoms with Gasteiger partial charge in [0.15, 0.2) is 11.4 Å². The van der Waals surface area contributed by atoms with Crippen LogP contribution in [0.25, 0.3) is 22.5 Å². The number of aromatic nitrogens is 3. The van der Waals surface area contributed by atoms with Crippen molar-refractivity contribution in [2.45, 2.75) is 13.3 Å². The molecule has 0 unspecified atom stereocenters. The molecule has 0 bridgehead atoms. The number of hydrogen-bond donors (Lipinski definition) is 0. The van der Waals surface area contributed by atoms with E-state index in [1.165, 1.54) is 5.57 Å². The second-order valence-electron chi connectivity index (χ2n) is 5.59. The number of carbonyl (C=O) groups excluding carboxylic acids is 1. The molecule has 2 aromatic heterocycles. The molecule has 0 radical (unpaired) electrons. The van der Waals surface area contributed by atoms with Crippen molar-refractivity contribution in [2.24, 2.45) is 0 Å². The summed E-state index contributed by atoms with van der Waals surface area (Å²) in [6.07, 6.45) is 8.95. The number of hydrogen-bond acceptors (Lipinski definition) is 3. The van der Waals surface area contributed by atoms with E-state index in [4.69, 9.17) is 5.10 Å². The molecular formula is C19H15N3O. The Hall–Kier alpha value is -3.01. The van der Waals surface area contributed by atoms with E-state index in [0.717, 1.165) is 29.0 Å². The highest BCUT2D eigenvalue weighted by molar-refractivity contribution is 5.95. The summed E-state index contributed by atoms with van der Waals surface area (Å²) in [4.78, 5) is 16.0. The number of Topliss-reactive ketones (excluding diaryl/α,β-unsaturated/α-hetero) is 1. The maximum Gasteiger partial charge on any atom is 0.159 e. The zero-order valence-electron chi connectivity index (χ0n) is 12.7. The van der Waals surface area contributed by atoms with Crippen LogP contribution in [0.1, 0.15) is 29.4 Å². The van der Waals surface area contributed by atoms with Gasteiger partial charge in [0.1, 0.15) is 0 Å². The van der Waals surface area contributed by atoms with E-state index in [-0.39, 0.29) is 5.78 Å². The molecule has 0 amide bonds. The van der Waals surface area contributed by atoms with Crippen LogP contribution in [0.4, 0.5) is 0 Å². The molecule has 4 rings (SSSR count). The lowest BCUT2D eigenvalue weighted by Gasteiger charge is -2.06. The van der Waals surface area contributed by atoms with Crippen molar-refractivity contribution in [3.8, 4) is 11.3 Å². The SMILES string of the molecule is CC(=O)c1cccc(-c2cnc3ccc(C4=CC=CC4)nn23)c1. The molecule has 4 heteroatoms. The fourth-order valence-electron chi connectivity index (χ4n) is 2.78. The molecule has 2 heterocycles. The van der Waals surface area contributed by atoms with Gasteiger partial charge in [-0.3, -0.25) is 4.79 Å². The highest BCUT2D eigenvalue weighted by Gasteiger charge is 2.11. The molecule has 0 atom stereocenters. The fraction of sp³-hybridized carbons (Fsp3) is 0.105. The van der Waals surface area contributed by atoms with Crippen molar-refractivity contribution in [3.05, 3.63) is 72.1 Å². The van der Waals surface area contributed by atoms with Gasteiger partial charge >= 0.3 is 0 Å². The maximum atomic E-state index is 11.6. The van der Waals surface area contributed by atoms with Crippen molar-refractivity contribution in [2.75, 3.05) is 0 Å². The molecule has 23 heavy (non-hydrogen) atoms. The van der Waals surface area contributed by atoms with Gasteiger partial charge in [-0.1, -0.05) is 36.4 Å². The van der Waals surface area contributed by atoms with Gasteiger partial charge in [-0.15, -0.1) is 0 Å².